The number of nitrogens with two attached hydrogens (primary N) is 1. The van der Waals surface area contributed by atoms with Crippen LogP contribution >= 0.6 is 0 Å². The van der Waals surface area contributed by atoms with Gasteiger partial charge in [0.15, 0.2) is 0 Å². The molecule has 1 amide bonds. The van der Waals surface area contributed by atoms with E-state index in [1.165, 1.54) is 5.01 Å². The zero-order valence-corrected chi connectivity index (χ0v) is 9.68. The Morgan fingerprint density at radius 1 is 1.35 bits per heavy atom. The molecule has 0 saturated heterocycles. The average Bonchev–Trinajstić information content (AvgIpc) is 2.35. The Balaban J connectivity index is 2.27. The second-order valence-corrected chi connectivity index (χ2v) is 4.02. The Kier molecular flexibility index (Phi) is 2.97. The van der Waals surface area contributed by atoms with Crippen molar-refractivity contribution in [2.75, 3.05) is 5.01 Å². The van der Waals surface area contributed by atoms with Crippen molar-refractivity contribution in [2.24, 2.45) is 11.8 Å². The molecule has 88 valence electrons. The summed E-state index contributed by atoms with van der Waals surface area (Å²) in [6.45, 7) is 5.67. The number of allylic oxidation sites excluding steroid dienone is 1. The average molecular weight is 229 g/mol. The van der Waals surface area contributed by atoms with Gasteiger partial charge in [-0.2, -0.15) is 0 Å². The molecule has 0 saturated carbocycles. The fourth-order valence-corrected chi connectivity index (χ4v) is 1.60. The molecule has 4 nitrogen and oxygen atoms in total. The van der Waals surface area contributed by atoms with Crippen LogP contribution in [0.15, 0.2) is 54.4 Å². The van der Waals surface area contributed by atoms with E-state index in [0.717, 1.165) is 11.3 Å². The van der Waals surface area contributed by atoms with E-state index in [1.807, 2.05) is 37.3 Å². The fourth-order valence-electron chi connectivity index (χ4n) is 1.60. The van der Waals surface area contributed by atoms with E-state index < -0.39 is 0 Å². The van der Waals surface area contributed by atoms with Gasteiger partial charge >= 0.3 is 0 Å². The molecule has 0 radical (unpaired) electrons. The number of carbonyl (C=O) groups is 1. The first-order valence-electron chi connectivity index (χ1n) is 5.41. The minimum atomic E-state index is -0.206. The predicted octanol–water partition coefficient (Wildman–Crippen LogP) is 1.53. The maximum Gasteiger partial charge on any atom is 0.232 e. The van der Waals surface area contributed by atoms with Crippen LogP contribution < -0.4 is 16.2 Å². The number of rotatable bonds is 2. The molecule has 1 atom stereocenters. The van der Waals surface area contributed by atoms with Crippen LogP contribution in [-0.4, -0.2) is 5.91 Å². The molecule has 1 aromatic rings. The van der Waals surface area contributed by atoms with Crippen LogP contribution in [0.5, 0.6) is 0 Å². The first-order valence-corrected chi connectivity index (χ1v) is 5.41. The van der Waals surface area contributed by atoms with Crippen molar-refractivity contribution in [1.29, 1.82) is 0 Å². The summed E-state index contributed by atoms with van der Waals surface area (Å²) in [4.78, 5) is 11.7. The minimum absolute atomic E-state index is 0.0844. The summed E-state index contributed by atoms with van der Waals surface area (Å²) in [5.41, 5.74) is 1.57. The number of hydrazine groups is 1. The summed E-state index contributed by atoms with van der Waals surface area (Å²) in [5.74, 6) is 6.20. The molecule has 2 rings (SSSR count). The van der Waals surface area contributed by atoms with Gasteiger partial charge in [0.25, 0.3) is 0 Å². The van der Waals surface area contributed by atoms with E-state index in [2.05, 4.69) is 11.9 Å². The molecule has 0 fully saturated rings. The second-order valence-electron chi connectivity index (χ2n) is 4.02. The minimum Gasteiger partial charge on any atom is -0.311 e. The zero-order valence-electron chi connectivity index (χ0n) is 9.68. The van der Waals surface area contributed by atoms with Crippen molar-refractivity contribution in [3.05, 3.63) is 54.4 Å². The molecule has 0 aromatic heterocycles. The molecular formula is C13H15N3O. The number of hydrogen-bond donors (Lipinski definition) is 2. The number of amides is 1. The van der Waals surface area contributed by atoms with Crippen LogP contribution in [0.1, 0.15) is 6.92 Å². The van der Waals surface area contributed by atoms with Crippen LogP contribution in [-0.2, 0) is 4.79 Å². The lowest BCUT2D eigenvalue weighted by atomic mass is 9.99. The molecule has 0 spiro atoms. The Labute approximate surface area is 100 Å². The number of benzene rings is 1. The third-order valence-electron chi connectivity index (χ3n) is 2.82. The maximum absolute atomic E-state index is 11.7. The van der Waals surface area contributed by atoms with E-state index in [0.29, 0.717) is 5.82 Å². The van der Waals surface area contributed by atoms with Crippen molar-refractivity contribution < 1.29 is 4.79 Å². The van der Waals surface area contributed by atoms with Crippen molar-refractivity contribution in [3.8, 4) is 0 Å². The summed E-state index contributed by atoms with van der Waals surface area (Å²) >= 11 is 0. The summed E-state index contributed by atoms with van der Waals surface area (Å²) in [7, 11) is 0. The molecule has 3 N–H and O–H groups in total. The highest BCUT2D eigenvalue weighted by molar-refractivity contribution is 5.86. The van der Waals surface area contributed by atoms with E-state index in [9.17, 15) is 4.79 Å². The molecule has 1 aliphatic rings. The van der Waals surface area contributed by atoms with Crippen molar-refractivity contribution in [3.63, 3.8) is 0 Å². The first-order chi connectivity index (χ1) is 8.09. The summed E-state index contributed by atoms with van der Waals surface area (Å²) in [5, 5.41) is 4.20. The van der Waals surface area contributed by atoms with Crippen molar-refractivity contribution in [1.82, 2.24) is 5.32 Å². The Morgan fingerprint density at radius 3 is 2.59 bits per heavy atom. The Bertz CT molecular complexity index is 479. The van der Waals surface area contributed by atoms with Crippen LogP contribution in [0.3, 0.4) is 0 Å². The lowest BCUT2D eigenvalue weighted by Gasteiger charge is -2.28. The molecule has 0 bridgehead atoms. The molecule has 17 heavy (non-hydrogen) atoms. The Hall–Kier alpha value is -2.07. The van der Waals surface area contributed by atoms with Crippen LogP contribution in [0.25, 0.3) is 0 Å². The van der Waals surface area contributed by atoms with E-state index in [-0.39, 0.29) is 11.8 Å². The van der Waals surface area contributed by atoms with Gasteiger partial charge in [-0.15, -0.1) is 0 Å². The Morgan fingerprint density at radius 2 is 2.00 bits per heavy atom. The lowest BCUT2D eigenvalue weighted by Crippen LogP contribution is -2.44. The van der Waals surface area contributed by atoms with Crippen LogP contribution in [0.2, 0.25) is 0 Å². The van der Waals surface area contributed by atoms with Gasteiger partial charge in [0.1, 0.15) is 5.82 Å². The quantitative estimate of drug-likeness (QED) is 0.597. The number of para-hydroxylation sites is 1. The van der Waals surface area contributed by atoms with Gasteiger partial charge in [0.2, 0.25) is 5.91 Å². The van der Waals surface area contributed by atoms with Crippen molar-refractivity contribution >= 4 is 11.6 Å². The maximum atomic E-state index is 11.7. The molecule has 1 aliphatic heterocycles. The molecular weight excluding hydrogens is 214 g/mol. The van der Waals surface area contributed by atoms with Gasteiger partial charge in [-0.1, -0.05) is 24.8 Å². The smallest absolute Gasteiger partial charge is 0.232 e. The van der Waals surface area contributed by atoms with Gasteiger partial charge in [-0.3, -0.25) is 9.80 Å². The van der Waals surface area contributed by atoms with Crippen molar-refractivity contribution in [2.45, 2.75) is 6.92 Å². The summed E-state index contributed by atoms with van der Waals surface area (Å²) < 4.78 is 0. The van der Waals surface area contributed by atoms with Gasteiger partial charge in [0.05, 0.1) is 11.6 Å². The number of anilines is 1. The molecule has 1 heterocycles. The highest BCUT2D eigenvalue weighted by Crippen LogP contribution is 2.21. The van der Waals surface area contributed by atoms with Gasteiger partial charge in [-0.25, -0.2) is 5.84 Å². The third-order valence-corrected chi connectivity index (χ3v) is 2.82. The van der Waals surface area contributed by atoms with Crippen LogP contribution in [0, 0.1) is 5.92 Å². The second kappa shape index (κ2) is 4.43. The van der Waals surface area contributed by atoms with Gasteiger partial charge < -0.3 is 5.32 Å². The SMILES string of the molecule is C=C1C=C(N(N)c2ccccc2)NC(=O)C1C. The monoisotopic (exact) mass is 229 g/mol. The third kappa shape index (κ3) is 2.21. The predicted molar refractivity (Wildman–Crippen MR) is 67.6 cm³/mol. The topological polar surface area (TPSA) is 58.4 Å². The number of carbonyl (C=O) groups excluding carboxylic acids is 1. The number of nitrogens with zero attached hydrogens (tertiary/aromatic N) is 1. The van der Waals surface area contributed by atoms with Gasteiger partial charge in [0, 0.05) is 0 Å². The van der Waals surface area contributed by atoms with E-state index in [4.69, 9.17) is 5.84 Å². The van der Waals surface area contributed by atoms with E-state index >= 15 is 0 Å². The number of nitrogens with one attached hydrogen (secondary N) is 1. The summed E-state index contributed by atoms with van der Waals surface area (Å²) in [6.07, 6.45) is 1.79. The van der Waals surface area contributed by atoms with E-state index in [1.54, 1.807) is 6.08 Å². The molecule has 0 aliphatic carbocycles. The zero-order chi connectivity index (χ0) is 12.4. The highest BCUT2D eigenvalue weighted by atomic mass is 16.2. The normalized spacial score (nSPS) is 19.6. The summed E-state index contributed by atoms with van der Waals surface area (Å²) in [6, 6.07) is 9.42. The van der Waals surface area contributed by atoms with Gasteiger partial charge in [-0.05, 0) is 30.7 Å². The first kappa shape index (κ1) is 11.4. The molecule has 1 unspecified atom stereocenters. The fraction of sp³-hybridized carbons (Fsp3) is 0.154. The largest absolute Gasteiger partial charge is 0.311 e. The molecule has 1 aromatic carbocycles. The molecule has 4 heteroatoms. The standard InChI is InChI=1S/C13H15N3O/c1-9-8-12(15-13(17)10(9)2)16(14)11-6-4-3-5-7-11/h3-8,10H,1,14H2,2H3,(H,15,17). The highest BCUT2D eigenvalue weighted by Gasteiger charge is 2.23. The lowest BCUT2D eigenvalue weighted by molar-refractivity contribution is -0.122. The number of hydrogen-bond acceptors (Lipinski definition) is 3. The van der Waals surface area contributed by atoms with Crippen LogP contribution in [0.4, 0.5) is 5.69 Å².